The molecule has 0 aromatic heterocycles. The number of nitrogens with zero attached hydrogens (tertiary/aromatic N) is 3. The molecule has 0 saturated carbocycles. The number of carbonyl (C=O) groups excluding carboxylic acids is 2. The molecule has 1 heterocycles. The van der Waals surface area contributed by atoms with E-state index in [0.717, 1.165) is 17.0 Å². The maximum absolute atomic E-state index is 15.0. The van der Waals surface area contributed by atoms with E-state index >= 15 is 4.39 Å². The second-order valence-electron chi connectivity index (χ2n) is 9.45. The number of nitrogens with one attached hydrogen (secondary N) is 1. The Morgan fingerprint density at radius 1 is 1.05 bits per heavy atom. The van der Waals surface area contributed by atoms with Gasteiger partial charge < -0.3 is 24.8 Å². The minimum atomic E-state index is -4.86. The fraction of sp³-hybridized carbons (Fsp3) is 0.414. The highest BCUT2D eigenvalue weighted by Gasteiger charge is 2.51. The number of carbonyl (C=O) groups is 3. The third kappa shape index (κ3) is 8.49. The lowest BCUT2D eigenvalue weighted by atomic mass is 10.0. The van der Waals surface area contributed by atoms with Crippen LogP contribution in [0.25, 0.3) is 0 Å². The molecule has 238 valence electrons. The van der Waals surface area contributed by atoms with E-state index in [-0.39, 0.29) is 61.4 Å². The Bertz CT molecular complexity index is 1430. The summed E-state index contributed by atoms with van der Waals surface area (Å²) in [5.41, 5.74) is -3.71. The van der Waals surface area contributed by atoms with Crippen molar-refractivity contribution in [3.05, 3.63) is 58.9 Å². The molecule has 1 fully saturated rings. The zero-order valence-electron chi connectivity index (χ0n) is 24.5. The van der Waals surface area contributed by atoms with Gasteiger partial charge >= 0.3 is 12.1 Å². The van der Waals surface area contributed by atoms with E-state index in [2.05, 4.69) is 5.32 Å². The normalized spacial score (nSPS) is 14.2. The number of anilines is 2. The van der Waals surface area contributed by atoms with Gasteiger partial charge in [0.25, 0.3) is 11.8 Å². The first-order valence-corrected chi connectivity index (χ1v) is 13.9. The van der Waals surface area contributed by atoms with Crippen molar-refractivity contribution in [2.75, 3.05) is 42.8 Å². The maximum atomic E-state index is 15.0. The van der Waals surface area contributed by atoms with E-state index < -0.39 is 46.4 Å². The number of rotatable bonds is 12. The molecule has 1 saturated heterocycles. The number of carboxylic acid groups (broad SMARTS) is 1. The molecular formula is C29H32F4N4O6S. The zero-order chi connectivity index (χ0) is 33.2. The average molecular weight is 641 g/mol. The Labute approximate surface area is 257 Å². The number of thiocarbonyl (C=S) groups is 1. The number of benzene rings is 2. The van der Waals surface area contributed by atoms with Crippen LogP contribution in [0.5, 0.6) is 0 Å². The highest BCUT2D eigenvalue weighted by atomic mass is 32.1. The summed E-state index contributed by atoms with van der Waals surface area (Å²) < 4.78 is 66.0. The molecule has 2 amide bonds. The van der Waals surface area contributed by atoms with Gasteiger partial charge in [-0.2, -0.15) is 18.4 Å². The van der Waals surface area contributed by atoms with Crippen molar-refractivity contribution < 1.29 is 46.5 Å². The van der Waals surface area contributed by atoms with Gasteiger partial charge in [-0.3, -0.25) is 19.3 Å². The van der Waals surface area contributed by atoms with Gasteiger partial charge in [0.15, 0.2) is 5.11 Å². The molecule has 0 bridgehead atoms. The van der Waals surface area contributed by atoms with Crippen molar-refractivity contribution in [2.45, 2.75) is 45.8 Å². The summed E-state index contributed by atoms with van der Waals surface area (Å²) in [7, 11) is 0. The number of amides is 2. The molecule has 1 aliphatic rings. The molecular weight excluding hydrogens is 608 g/mol. The molecule has 3 rings (SSSR count). The minimum absolute atomic E-state index is 0.0463. The molecule has 0 aliphatic carbocycles. The first-order chi connectivity index (χ1) is 20.7. The van der Waals surface area contributed by atoms with Gasteiger partial charge in [0, 0.05) is 12.2 Å². The number of halogens is 4. The fourth-order valence-electron chi connectivity index (χ4n) is 4.10. The van der Waals surface area contributed by atoms with Crippen LogP contribution in [0.2, 0.25) is 0 Å². The molecule has 2 aromatic carbocycles. The first-order valence-electron chi connectivity index (χ1n) is 13.4. The smallest absolute Gasteiger partial charge is 0.417 e. The molecule has 2 aromatic rings. The third-order valence-electron chi connectivity index (χ3n) is 6.17. The summed E-state index contributed by atoms with van der Waals surface area (Å²) in [5.74, 6) is -3.33. The van der Waals surface area contributed by atoms with Gasteiger partial charge in [-0.15, -0.1) is 0 Å². The Morgan fingerprint density at radius 3 is 2.23 bits per heavy atom. The third-order valence-corrected chi connectivity index (χ3v) is 6.54. The van der Waals surface area contributed by atoms with Crippen LogP contribution in [0.4, 0.5) is 28.9 Å². The van der Waals surface area contributed by atoms with E-state index in [9.17, 15) is 27.6 Å². The second kappa shape index (κ2) is 15.6. The Morgan fingerprint density at radius 2 is 1.66 bits per heavy atom. The molecule has 44 heavy (non-hydrogen) atoms. The van der Waals surface area contributed by atoms with Crippen LogP contribution in [-0.2, 0) is 25.2 Å². The van der Waals surface area contributed by atoms with Crippen molar-refractivity contribution in [3.8, 4) is 6.07 Å². The summed E-state index contributed by atoms with van der Waals surface area (Å²) in [6.45, 7) is 7.45. The molecule has 10 nitrogen and oxygen atoms in total. The summed E-state index contributed by atoms with van der Waals surface area (Å²) in [4.78, 5) is 38.4. The molecule has 15 heteroatoms. The van der Waals surface area contributed by atoms with Crippen LogP contribution in [-0.4, -0.2) is 66.5 Å². The molecule has 0 radical (unpaired) electrons. The maximum Gasteiger partial charge on any atom is 0.417 e. The summed E-state index contributed by atoms with van der Waals surface area (Å²) in [6.07, 6.45) is -4.99. The van der Waals surface area contributed by atoms with Crippen LogP contribution >= 0.6 is 12.2 Å². The molecule has 2 N–H and O–H groups in total. The van der Waals surface area contributed by atoms with Gasteiger partial charge in [-0.1, -0.05) is 13.8 Å². The molecule has 1 aliphatic heterocycles. The molecule has 0 spiro atoms. The van der Waals surface area contributed by atoms with Crippen LogP contribution < -0.4 is 15.1 Å². The van der Waals surface area contributed by atoms with Crippen LogP contribution in [0, 0.1) is 17.1 Å². The predicted molar refractivity (Wildman–Crippen MR) is 157 cm³/mol. The second-order valence-corrected chi connectivity index (χ2v) is 9.81. The zero-order valence-corrected chi connectivity index (χ0v) is 25.3. The van der Waals surface area contributed by atoms with E-state index in [1.165, 1.54) is 43.0 Å². The van der Waals surface area contributed by atoms with Crippen molar-refractivity contribution in [1.82, 2.24) is 5.32 Å². The molecule has 0 atom stereocenters. The lowest BCUT2D eigenvalue weighted by molar-refractivity contribution is -0.139. The van der Waals surface area contributed by atoms with Gasteiger partial charge in [0.05, 0.1) is 61.3 Å². The summed E-state index contributed by atoms with van der Waals surface area (Å²) in [6, 6.07) is 7.78. The van der Waals surface area contributed by atoms with Crippen LogP contribution in [0.3, 0.4) is 0 Å². The molecule has 0 unspecified atom stereocenters. The number of carboxylic acids is 1. The average Bonchev–Trinajstić information content (AvgIpc) is 3.14. The van der Waals surface area contributed by atoms with E-state index in [4.69, 9.17) is 32.1 Å². The van der Waals surface area contributed by atoms with Gasteiger partial charge in [-0.25, -0.2) is 4.39 Å². The van der Waals surface area contributed by atoms with Crippen LogP contribution in [0.15, 0.2) is 36.4 Å². The van der Waals surface area contributed by atoms with Gasteiger partial charge in [0.2, 0.25) is 0 Å². The van der Waals surface area contributed by atoms with Gasteiger partial charge in [0.1, 0.15) is 11.4 Å². The lowest BCUT2D eigenvalue weighted by Crippen LogP contribution is -2.44. The van der Waals surface area contributed by atoms with Crippen molar-refractivity contribution in [3.63, 3.8) is 0 Å². The topological polar surface area (TPSA) is 132 Å². The SMILES string of the molecule is CC.CC1(C)C(=O)N(c2ccc(C#N)c(C(F)(F)F)c2)C(=S)N1c1ccc(C(=O)NCCOCCOCCC(=O)O)c(F)c1. The number of nitriles is 1. The number of hydrogen-bond donors (Lipinski definition) is 2. The summed E-state index contributed by atoms with van der Waals surface area (Å²) in [5, 5.41) is 19.9. The van der Waals surface area contributed by atoms with Crippen molar-refractivity contribution in [2.24, 2.45) is 0 Å². The van der Waals surface area contributed by atoms with Gasteiger partial charge in [-0.05, 0) is 62.5 Å². The minimum Gasteiger partial charge on any atom is -0.481 e. The monoisotopic (exact) mass is 640 g/mol. The van der Waals surface area contributed by atoms with Crippen molar-refractivity contribution >= 4 is 46.5 Å². The number of aliphatic carboxylic acids is 1. The van der Waals surface area contributed by atoms with Crippen molar-refractivity contribution in [1.29, 1.82) is 5.26 Å². The number of ether oxygens (including phenoxy) is 2. The van der Waals surface area contributed by atoms with E-state index in [0.29, 0.717) is 6.07 Å². The van der Waals surface area contributed by atoms with Crippen LogP contribution in [0.1, 0.15) is 55.6 Å². The largest absolute Gasteiger partial charge is 0.481 e. The fourth-order valence-corrected chi connectivity index (χ4v) is 4.62. The Kier molecular flexibility index (Phi) is 12.7. The Hall–Kier alpha value is -4.13. The Balaban J connectivity index is 0.00000330. The quantitative estimate of drug-likeness (QED) is 0.189. The highest BCUT2D eigenvalue weighted by Crippen LogP contribution is 2.39. The summed E-state index contributed by atoms with van der Waals surface area (Å²) >= 11 is 5.44. The first kappa shape index (κ1) is 36.1. The standard InChI is InChI=1S/C27H26F4N4O6S.C2H6/c1-26(2)24(39)34(17-4-3-16(15-32)20(13-17)27(29,30)31)25(42)35(26)18-5-6-19(21(28)14-18)23(38)33-8-10-41-12-11-40-9-7-22(36)37;1-2/h3-6,13-14H,7-12H2,1-2H3,(H,33,38)(H,36,37);1-2H3. The predicted octanol–water partition coefficient (Wildman–Crippen LogP) is 4.90. The van der Waals surface area contributed by atoms with E-state index in [1.54, 1.807) is 0 Å². The van der Waals surface area contributed by atoms with E-state index in [1.807, 2.05) is 13.8 Å². The number of hydrogen-bond acceptors (Lipinski definition) is 7. The number of alkyl halides is 3. The highest BCUT2D eigenvalue weighted by molar-refractivity contribution is 7.81. The lowest BCUT2D eigenvalue weighted by Gasteiger charge is -2.29.